The average Bonchev–Trinajstić information content (AvgIpc) is 3.26. The van der Waals surface area contributed by atoms with Gasteiger partial charge in [-0.3, -0.25) is 9.69 Å². The Balaban J connectivity index is 1.82. The number of rotatable bonds is 6. The quantitative estimate of drug-likeness (QED) is 0.313. The molecule has 0 spiro atoms. The molecule has 7 heteroatoms. The van der Waals surface area contributed by atoms with Crippen LogP contribution in [0.4, 0.5) is 5.69 Å². The number of ether oxygens (including phenoxy) is 2. The highest BCUT2D eigenvalue weighted by Crippen LogP contribution is 2.36. The number of hydrogen-bond donors (Lipinski definition) is 0. The Labute approximate surface area is 210 Å². The number of methoxy groups -OCH3 is 1. The Morgan fingerprint density at radius 1 is 1.00 bits per heavy atom. The highest BCUT2D eigenvalue weighted by atomic mass is 35.5. The number of aryl methyl sites for hydroxylation is 1. The van der Waals surface area contributed by atoms with Crippen LogP contribution in [0.5, 0.6) is 5.75 Å². The van der Waals surface area contributed by atoms with Crippen molar-refractivity contribution < 1.29 is 19.1 Å². The Bertz CT molecular complexity index is 1350. The maximum Gasteiger partial charge on any atom is 0.340 e. The van der Waals surface area contributed by atoms with Crippen molar-refractivity contribution in [2.75, 3.05) is 18.6 Å². The third kappa shape index (κ3) is 4.49. The topological polar surface area (TPSA) is 60.8 Å². The normalized spacial score (nSPS) is 14.7. The summed E-state index contributed by atoms with van der Waals surface area (Å²) in [5, 5.41) is 0.564. The number of anilines is 1. The Hall–Kier alpha value is -3.77. The van der Waals surface area contributed by atoms with Crippen LogP contribution in [0.1, 0.15) is 30.8 Å². The van der Waals surface area contributed by atoms with Crippen LogP contribution in [0.25, 0.3) is 11.8 Å². The van der Waals surface area contributed by atoms with Gasteiger partial charge in [-0.15, -0.1) is 0 Å². The summed E-state index contributed by atoms with van der Waals surface area (Å²) in [6.07, 6.45) is 1.77. The number of amides is 1. The molecule has 1 amide bonds. The van der Waals surface area contributed by atoms with E-state index in [0.29, 0.717) is 22.0 Å². The monoisotopic (exact) mass is 490 g/mol. The number of carbonyl (C=O) groups is 2. The van der Waals surface area contributed by atoms with Crippen molar-refractivity contribution in [3.8, 4) is 11.4 Å². The highest BCUT2D eigenvalue weighted by molar-refractivity contribution is 6.30. The van der Waals surface area contributed by atoms with Gasteiger partial charge in [0.25, 0.3) is 5.91 Å². The molecule has 2 aromatic carbocycles. The molecule has 0 atom stereocenters. The highest BCUT2D eigenvalue weighted by Gasteiger charge is 2.38. The van der Waals surface area contributed by atoms with E-state index in [2.05, 4.69) is 4.57 Å². The second-order valence-corrected chi connectivity index (χ2v) is 8.65. The molecule has 1 aromatic heterocycles. The minimum atomic E-state index is -0.523. The third-order valence-electron chi connectivity index (χ3n) is 6.07. The van der Waals surface area contributed by atoms with Gasteiger partial charge in [0.2, 0.25) is 0 Å². The molecule has 1 aliphatic heterocycles. The molecule has 35 heavy (non-hydrogen) atoms. The fraction of sp³-hybridized carbons (Fsp3) is 0.214. The number of carbonyl (C=O) groups excluding carboxylic acids is 2. The minimum absolute atomic E-state index is 0.212. The van der Waals surface area contributed by atoms with Crippen LogP contribution < -0.4 is 9.64 Å². The molecule has 4 rings (SSSR count). The van der Waals surface area contributed by atoms with Crippen LogP contribution in [-0.4, -0.2) is 30.2 Å². The zero-order valence-electron chi connectivity index (χ0n) is 20.4. The molecule has 180 valence electrons. The summed E-state index contributed by atoms with van der Waals surface area (Å²) in [5.41, 5.74) is 5.47. The Morgan fingerprint density at radius 3 is 2.23 bits per heavy atom. The van der Waals surface area contributed by atoms with Crippen molar-refractivity contribution in [1.29, 1.82) is 0 Å². The molecule has 1 aliphatic rings. The maximum atomic E-state index is 13.6. The lowest BCUT2D eigenvalue weighted by molar-refractivity contribution is -0.138. The van der Waals surface area contributed by atoms with Crippen LogP contribution in [0.2, 0.25) is 5.02 Å². The predicted molar refractivity (Wildman–Crippen MR) is 138 cm³/mol. The smallest absolute Gasteiger partial charge is 0.340 e. The summed E-state index contributed by atoms with van der Waals surface area (Å²) in [5.74, 6) is -0.0377. The van der Waals surface area contributed by atoms with Gasteiger partial charge in [0.15, 0.2) is 0 Å². The first-order chi connectivity index (χ1) is 16.8. The van der Waals surface area contributed by atoms with Crippen LogP contribution in [0.15, 0.2) is 71.4 Å². The third-order valence-corrected chi connectivity index (χ3v) is 6.32. The zero-order chi connectivity index (χ0) is 25.3. The molecule has 0 unspecified atom stereocenters. The molecule has 3 aromatic rings. The van der Waals surface area contributed by atoms with Gasteiger partial charge in [0.1, 0.15) is 5.75 Å². The molecule has 0 saturated heterocycles. The zero-order valence-corrected chi connectivity index (χ0v) is 21.1. The summed E-state index contributed by atoms with van der Waals surface area (Å²) in [7, 11) is 1.63. The van der Waals surface area contributed by atoms with E-state index in [1.165, 1.54) is 4.90 Å². The van der Waals surface area contributed by atoms with Crippen LogP contribution in [-0.2, 0) is 14.3 Å². The molecule has 2 heterocycles. The summed E-state index contributed by atoms with van der Waals surface area (Å²) in [6, 6.07) is 16.7. The average molecular weight is 491 g/mol. The lowest BCUT2D eigenvalue weighted by atomic mass is 10.0. The van der Waals surface area contributed by atoms with Gasteiger partial charge >= 0.3 is 5.97 Å². The standard InChI is InChI=1S/C28H27ClN2O4/c1-6-35-28(33)26-19(4)31(23-9-7-21(29)8-10-23)27(32)25(26)16-20-15-17(2)30(18(20)3)22-11-13-24(34-5)14-12-22/h7-16H,6H2,1-5H3. The van der Waals surface area contributed by atoms with Crippen molar-refractivity contribution in [3.63, 3.8) is 0 Å². The fourth-order valence-corrected chi connectivity index (χ4v) is 4.53. The first-order valence-electron chi connectivity index (χ1n) is 11.3. The molecule has 0 saturated carbocycles. The van der Waals surface area contributed by atoms with E-state index < -0.39 is 5.97 Å². The molecule has 0 fully saturated rings. The van der Waals surface area contributed by atoms with Gasteiger partial charge in [0, 0.05) is 33.5 Å². The lowest BCUT2D eigenvalue weighted by Gasteiger charge is -2.18. The molecule has 0 bridgehead atoms. The van der Waals surface area contributed by atoms with E-state index in [1.807, 2.05) is 44.2 Å². The number of hydrogen-bond acceptors (Lipinski definition) is 4. The second-order valence-electron chi connectivity index (χ2n) is 8.22. The van der Waals surface area contributed by atoms with Gasteiger partial charge in [-0.2, -0.15) is 0 Å². The van der Waals surface area contributed by atoms with Gasteiger partial charge in [-0.1, -0.05) is 11.6 Å². The summed E-state index contributed by atoms with van der Waals surface area (Å²) in [6.45, 7) is 7.70. The number of allylic oxidation sites excluding steroid dienone is 1. The number of benzene rings is 2. The lowest BCUT2D eigenvalue weighted by Crippen LogP contribution is -2.24. The second kappa shape index (κ2) is 9.84. The molecular formula is C28H27ClN2O4. The summed E-state index contributed by atoms with van der Waals surface area (Å²) < 4.78 is 12.7. The van der Waals surface area contributed by atoms with Crippen LogP contribution in [0, 0.1) is 13.8 Å². The Kier molecular flexibility index (Phi) is 6.85. The van der Waals surface area contributed by atoms with E-state index in [1.54, 1.807) is 51.3 Å². The number of halogens is 1. The summed E-state index contributed by atoms with van der Waals surface area (Å²) >= 11 is 6.04. The SMILES string of the molecule is CCOC(=O)C1=C(C)N(c2ccc(Cl)cc2)C(=O)C1=Cc1cc(C)n(-c2ccc(OC)cc2)c1C. The number of esters is 1. The molecule has 0 N–H and O–H groups in total. The fourth-order valence-electron chi connectivity index (χ4n) is 4.40. The van der Waals surface area contributed by atoms with Gasteiger partial charge in [0.05, 0.1) is 24.9 Å². The predicted octanol–water partition coefficient (Wildman–Crippen LogP) is 6.02. The largest absolute Gasteiger partial charge is 0.497 e. The van der Waals surface area contributed by atoms with Crippen molar-refractivity contribution in [3.05, 3.63) is 93.4 Å². The minimum Gasteiger partial charge on any atom is -0.497 e. The van der Waals surface area contributed by atoms with Gasteiger partial charge in [-0.25, -0.2) is 4.79 Å². The molecular weight excluding hydrogens is 464 g/mol. The number of nitrogens with zero attached hydrogens (tertiary/aromatic N) is 2. The van der Waals surface area contributed by atoms with E-state index >= 15 is 0 Å². The van der Waals surface area contributed by atoms with Crippen LogP contribution in [0.3, 0.4) is 0 Å². The molecule has 0 aliphatic carbocycles. The summed E-state index contributed by atoms with van der Waals surface area (Å²) in [4.78, 5) is 28.1. The van der Waals surface area contributed by atoms with Crippen LogP contribution >= 0.6 is 11.6 Å². The van der Waals surface area contributed by atoms with Crippen molar-refractivity contribution in [2.45, 2.75) is 27.7 Å². The molecule has 0 radical (unpaired) electrons. The Morgan fingerprint density at radius 2 is 1.63 bits per heavy atom. The van der Waals surface area contributed by atoms with Gasteiger partial charge in [-0.05, 0) is 93.9 Å². The first-order valence-corrected chi connectivity index (χ1v) is 11.7. The van der Waals surface area contributed by atoms with Crippen molar-refractivity contribution in [1.82, 2.24) is 4.57 Å². The first kappa shape index (κ1) is 24.4. The number of aromatic nitrogens is 1. The van der Waals surface area contributed by atoms with E-state index in [9.17, 15) is 9.59 Å². The van der Waals surface area contributed by atoms with E-state index in [0.717, 1.165) is 28.4 Å². The van der Waals surface area contributed by atoms with Crippen molar-refractivity contribution >= 4 is 35.2 Å². The van der Waals surface area contributed by atoms with Gasteiger partial charge < -0.3 is 14.0 Å². The van der Waals surface area contributed by atoms with E-state index in [4.69, 9.17) is 21.1 Å². The maximum absolute atomic E-state index is 13.6. The van der Waals surface area contributed by atoms with E-state index in [-0.39, 0.29) is 18.1 Å². The molecule has 6 nitrogen and oxygen atoms in total. The van der Waals surface area contributed by atoms with Crippen molar-refractivity contribution in [2.24, 2.45) is 0 Å².